The van der Waals surface area contributed by atoms with Crippen LogP contribution in [0.5, 0.6) is 0 Å². The first-order chi connectivity index (χ1) is 4.05. The van der Waals surface area contributed by atoms with Crippen molar-refractivity contribution in [3.05, 3.63) is 17.4 Å². The molecule has 0 bridgehead atoms. The molecule has 0 heteroatoms. The van der Waals surface area contributed by atoms with Crippen LogP contribution >= 0.6 is 0 Å². The Morgan fingerprint density at radius 3 is 2.00 bits per heavy atom. The summed E-state index contributed by atoms with van der Waals surface area (Å²) in [7, 11) is 0. The van der Waals surface area contributed by atoms with Gasteiger partial charge in [-0.05, 0) is 17.4 Å². The van der Waals surface area contributed by atoms with Crippen LogP contribution in [0, 0.1) is 11.3 Å². The fourth-order valence-corrected chi connectivity index (χ4v) is 0.719. The van der Waals surface area contributed by atoms with Gasteiger partial charge in [0.15, 0.2) is 0 Å². The van der Waals surface area contributed by atoms with E-state index in [2.05, 4.69) is 39.5 Å². The molecule has 0 heterocycles. The molecule has 0 radical (unpaired) electrons. The van der Waals surface area contributed by atoms with E-state index in [0.717, 1.165) is 5.92 Å². The predicted molar refractivity (Wildman–Crippen MR) is 40.2 cm³/mol. The highest BCUT2D eigenvalue weighted by Gasteiger charge is 2.28. The molecule has 0 spiro atoms. The lowest BCUT2D eigenvalue weighted by Crippen LogP contribution is -2.17. The maximum Gasteiger partial charge on any atom is 0.00760 e. The highest BCUT2D eigenvalue weighted by molar-refractivity contribution is 5.37. The van der Waals surface area contributed by atoms with Crippen molar-refractivity contribution >= 4 is 0 Å². The monoisotopic (exact) mass is 122 g/mol. The van der Waals surface area contributed by atoms with Crippen molar-refractivity contribution in [3.8, 4) is 0 Å². The highest BCUT2D eigenvalue weighted by Crippen LogP contribution is 2.38. The van der Waals surface area contributed by atoms with E-state index >= 15 is 0 Å². The van der Waals surface area contributed by atoms with E-state index in [4.69, 9.17) is 0 Å². The largest absolute Gasteiger partial charge is 0.115 e. The molecule has 1 aliphatic carbocycles. The van der Waals surface area contributed by atoms with Crippen LogP contribution in [0.2, 0.25) is 0 Å². The smallest absolute Gasteiger partial charge is 0.00760 e. The first-order valence-electron chi connectivity index (χ1n) is 3.52. The molecule has 0 aliphatic heterocycles. The van der Waals surface area contributed by atoms with Crippen LogP contribution in [0.25, 0.3) is 0 Å². The lowest BCUT2D eigenvalue weighted by atomic mass is 9.78. The summed E-state index contributed by atoms with van der Waals surface area (Å²) in [5.41, 5.74) is 4.91. The average Bonchev–Trinajstić information content (AvgIpc) is 2.42. The Bertz CT molecular complexity index is 176. The van der Waals surface area contributed by atoms with Gasteiger partial charge in [0.2, 0.25) is 0 Å². The van der Waals surface area contributed by atoms with E-state index in [1.165, 1.54) is 5.57 Å². The molecule has 0 saturated carbocycles. The Morgan fingerprint density at radius 2 is 1.89 bits per heavy atom. The van der Waals surface area contributed by atoms with Gasteiger partial charge in [0.1, 0.15) is 0 Å². The standard InChI is InChI=1S/C9H14/c1-7(2)9(3,4)8-5-6-8/h5,7H,1-4H3. The van der Waals surface area contributed by atoms with Gasteiger partial charge in [-0.25, -0.2) is 0 Å². The van der Waals surface area contributed by atoms with Crippen molar-refractivity contribution in [1.29, 1.82) is 0 Å². The Morgan fingerprint density at radius 1 is 1.44 bits per heavy atom. The Kier molecular flexibility index (Phi) is 1.29. The van der Waals surface area contributed by atoms with Crippen LogP contribution in [0.3, 0.4) is 0 Å². The molecule has 0 aromatic carbocycles. The van der Waals surface area contributed by atoms with Crippen LogP contribution in [0.4, 0.5) is 0 Å². The third-order valence-corrected chi connectivity index (χ3v) is 2.43. The molecule has 1 rings (SSSR count). The Hall–Kier alpha value is -0.480. The molecule has 0 unspecified atom stereocenters. The molecule has 0 aromatic heterocycles. The van der Waals surface area contributed by atoms with Gasteiger partial charge < -0.3 is 0 Å². The van der Waals surface area contributed by atoms with Crippen LogP contribution < -0.4 is 0 Å². The lowest BCUT2D eigenvalue weighted by molar-refractivity contribution is 0.323. The molecule has 0 saturated heterocycles. The highest BCUT2D eigenvalue weighted by atomic mass is 14.3. The second kappa shape index (κ2) is 1.75. The van der Waals surface area contributed by atoms with E-state index in [0.29, 0.717) is 5.41 Å². The minimum Gasteiger partial charge on any atom is -0.115 e. The molecular weight excluding hydrogens is 108 g/mol. The molecule has 0 fully saturated rings. The van der Waals surface area contributed by atoms with Gasteiger partial charge in [0.25, 0.3) is 0 Å². The summed E-state index contributed by atoms with van der Waals surface area (Å²) in [4.78, 5) is 0. The second-order valence-corrected chi connectivity index (χ2v) is 3.58. The van der Waals surface area contributed by atoms with Crippen molar-refractivity contribution < 1.29 is 0 Å². The van der Waals surface area contributed by atoms with Gasteiger partial charge in [-0.1, -0.05) is 27.7 Å². The van der Waals surface area contributed by atoms with Crippen molar-refractivity contribution in [2.75, 3.05) is 0 Å². The lowest BCUT2D eigenvalue weighted by Gasteiger charge is -2.25. The minimum absolute atomic E-state index is 0.361. The van der Waals surface area contributed by atoms with Gasteiger partial charge in [0.05, 0.1) is 0 Å². The first kappa shape index (κ1) is 6.64. The van der Waals surface area contributed by atoms with E-state index in [1.807, 2.05) is 0 Å². The molecule has 0 amide bonds. The van der Waals surface area contributed by atoms with Crippen molar-refractivity contribution in [1.82, 2.24) is 0 Å². The maximum atomic E-state index is 3.15. The van der Waals surface area contributed by atoms with Crippen LogP contribution in [0.1, 0.15) is 27.7 Å². The van der Waals surface area contributed by atoms with E-state index in [-0.39, 0.29) is 0 Å². The van der Waals surface area contributed by atoms with Crippen molar-refractivity contribution in [3.63, 3.8) is 0 Å². The Labute approximate surface area is 57.3 Å². The number of hydrogen-bond donors (Lipinski definition) is 0. The summed E-state index contributed by atoms with van der Waals surface area (Å²) < 4.78 is 0. The third kappa shape index (κ3) is 1.09. The molecule has 0 nitrogen and oxygen atoms in total. The molecule has 50 valence electrons. The SMILES string of the molecule is CC(C)C(C)(C)C1=C=C1. The van der Waals surface area contributed by atoms with Crippen molar-refractivity contribution in [2.45, 2.75) is 27.7 Å². The van der Waals surface area contributed by atoms with Gasteiger partial charge >= 0.3 is 0 Å². The molecule has 0 N–H and O–H groups in total. The Balaban J connectivity index is 2.61. The van der Waals surface area contributed by atoms with Crippen LogP contribution in [0.15, 0.2) is 17.4 Å². The number of rotatable bonds is 2. The summed E-state index contributed by atoms with van der Waals surface area (Å²) in [6, 6.07) is 0. The molecular formula is C9H14. The van der Waals surface area contributed by atoms with E-state index < -0.39 is 0 Å². The number of allylic oxidation sites excluding steroid dienone is 1. The van der Waals surface area contributed by atoms with Gasteiger partial charge in [-0.15, -0.1) is 5.73 Å². The summed E-state index contributed by atoms with van der Waals surface area (Å²) >= 11 is 0. The summed E-state index contributed by atoms with van der Waals surface area (Å²) in [6.45, 7) is 9.04. The van der Waals surface area contributed by atoms with E-state index in [1.54, 1.807) is 0 Å². The van der Waals surface area contributed by atoms with Gasteiger partial charge in [0, 0.05) is 5.57 Å². The van der Waals surface area contributed by atoms with Gasteiger partial charge in [-0.3, -0.25) is 0 Å². The minimum atomic E-state index is 0.361. The predicted octanol–water partition coefficient (Wildman–Crippen LogP) is 2.76. The molecule has 1 aliphatic rings. The maximum absolute atomic E-state index is 3.15. The number of hydrogen-bond acceptors (Lipinski definition) is 0. The quantitative estimate of drug-likeness (QED) is 0.494. The summed E-state index contributed by atoms with van der Waals surface area (Å²) in [5.74, 6) is 0.721. The summed E-state index contributed by atoms with van der Waals surface area (Å²) in [5, 5.41) is 0. The zero-order valence-electron chi connectivity index (χ0n) is 6.65. The average molecular weight is 122 g/mol. The molecule has 0 aromatic rings. The van der Waals surface area contributed by atoms with Crippen LogP contribution in [-0.4, -0.2) is 0 Å². The van der Waals surface area contributed by atoms with Crippen LogP contribution in [-0.2, 0) is 0 Å². The second-order valence-electron chi connectivity index (χ2n) is 3.58. The third-order valence-electron chi connectivity index (χ3n) is 2.43. The fourth-order valence-electron chi connectivity index (χ4n) is 0.719. The zero-order valence-corrected chi connectivity index (χ0v) is 6.65. The van der Waals surface area contributed by atoms with E-state index in [9.17, 15) is 0 Å². The summed E-state index contributed by atoms with van der Waals surface area (Å²) in [6.07, 6.45) is 2.08. The normalized spacial score (nSPS) is 16.3. The molecule has 9 heavy (non-hydrogen) atoms. The van der Waals surface area contributed by atoms with Gasteiger partial charge in [-0.2, -0.15) is 0 Å². The van der Waals surface area contributed by atoms with Crippen molar-refractivity contribution in [2.24, 2.45) is 11.3 Å². The zero-order chi connectivity index (χ0) is 7.07. The molecule has 0 atom stereocenters. The topological polar surface area (TPSA) is 0 Å². The first-order valence-corrected chi connectivity index (χ1v) is 3.52. The fraction of sp³-hybridized carbons (Fsp3) is 0.667.